The molecule has 16 heavy (non-hydrogen) atoms. The molecule has 0 spiro atoms. The lowest BCUT2D eigenvalue weighted by molar-refractivity contribution is -0.163. The number of ether oxygens (including phenoxy) is 4. The molecule has 0 saturated carbocycles. The van der Waals surface area contributed by atoms with Gasteiger partial charge in [-0.15, -0.1) is 0 Å². The summed E-state index contributed by atoms with van der Waals surface area (Å²) in [5.41, 5.74) is 0. The summed E-state index contributed by atoms with van der Waals surface area (Å²) < 4.78 is 20.1. The summed E-state index contributed by atoms with van der Waals surface area (Å²) in [5, 5.41) is 0. The zero-order valence-electron chi connectivity index (χ0n) is 9.65. The van der Waals surface area contributed by atoms with Crippen LogP contribution in [-0.4, -0.2) is 32.3 Å². The molecule has 0 amide bonds. The van der Waals surface area contributed by atoms with Gasteiger partial charge in [-0.05, 0) is 26.2 Å². The van der Waals surface area contributed by atoms with Gasteiger partial charge in [-0.25, -0.2) is 4.79 Å². The summed E-state index contributed by atoms with van der Waals surface area (Å²) in [6.07, 6.45) is 3.12. The molecule has 1 aliphatic heterocycles. The third-order valence-corrected chi connectivity index (χ3v) is 2.16. The molecule has 1 fully saturated rings. The normalized spacial score (nSPS) is 20.4. The first-order valence-electron chi connectivity index (χ1n) is 5.67. The Morgan fingerprint density at radius 1 is 1.44 bits per heavy atom. The number of hydrogen-bond donors (Lipinski definition) is 0. The molecule has 1 atom stereocenters. The average molecular weight is 231 g/mol. The van der Waals surface area contributed by atoms with Crippen LogP contribution in [0, 0.1) is 6.61 Å². The number of carbonyl (C=O) groups excluding carboxylic acids is 1. The first-order valence-corrected chi connectivity index (χ1v) is 5.67. The Balaban J connectivity index is 1.89. The van der Waals surface area contributed by atoms with Crippen LogP contribution in [0.2, 0.25) is 0 Å². The van der Waals surface area contributed by atoms with Crippen molar-refractivity contribution in [3.8, 4) is 0 Å². The molecule has 1 unspecified atom stereocenters. The van der Waals surface area contributed by atoms with Crippen molar-refractivity contribution < 1.29 is 23.7 Å². The molecule has 5 nitrogen and oxygen atoms in total. The highest BCUT2D eigenvalue weighted by atomic mass is 16.7. The van der Waals surface area contributed by atoms with Crippen molar-refractivity contribution in [1.82, 2.24) is 0 Å². The molecule has 0 aromatic carbocycles. The van der Waals surface area contributed by atoms with Gasteiger partial charge >= 0.3 is 6.16 Å². The highest BCUT2D eigenvalue weighted by Gasteiger charge is 2.13. The molecule has 93 valence electrons. The Morgan fingerprint density at radius 3 is 3.00 bits per heavy atom. The predicted molar refractivity (Wildman–Crippen MR) is 56.6 cm³/mol. The average Bonchev–Trinajstić information content (AvgIpc) is 2.30. The lowest BCUT2D eigenvalue weighted by Gasteiger charge is -2.22. The second-order valence-electron chi connectivity index (χ2n) is 3.47. The van der Waals surface area contributed by atoms with Gasteiger partial charge in [0.25, 0.3) is 0 Å². The van der Waals surface area contributed by atoms with Crippen LogP contribution in [0.3, 0.4) is 0 Å². The maximum atomic E-state index is 10.8. The van der Waals surface area contributed by atoms with E-state index >= 15 is 0 Å². The van der Waals surface area contributed by atoms with Gasteiger partial charge in [0, 0.05) is 13.0 Å². The van der Waals surface area contributed by atoms with E-state index in [1.54, 1.807) is 6.92 Å². The van der Waals surface area contributed by atoms with E-state index in [1.165, 1.54) is 6.61 Å². The largest absolute Gasteiger partial charge is 0.508 e. The van der Waals surface area contributed by atoms with Crippen molar-refractivity contribution in [3.63, 3.8) is 0 Å². The zero-order chi connectivity index (χ0) is 11.6. The van der Waals surface area contributed by atoms with Gasteiger partial charge in [-0.1, -0.05) is 0 Å². The van der Waals surface area contributed by atoms with Crippen molar-refractivity contribution in [2.45, 2.75) is 38.9 Å². The van der Waals surface area contributed by atoms with E-state index in [2.05, 4.69) is 4.74 Å². The summed E-state index contributed by atoms with van der Waals surface area (Å²) in [6.45, 7) is 4.52. The Kier molecular flexibility index (Phi) is 6.92. The first-order chi connectivity index (χ1) is 7.83. The highest BCUT2D eigenvalue weighted by molar-refractivity contribution is 5.60. The van der Waals surface area contributed by atoms with Gasteiger partial charge < -0.3 is 18.9 Å². The summed E-state index contributed by atoms with van der Waals surface area (Å²) in [4.78, 5) is 10.8. The fourth-order valence-corrected chi connectivity index (χ4v) is 1.40. The van der Waals surface area contributed by atoms with E-state index in [9.17, 15) is 4.79 Å². The lowest BCUT2D eigenvalue weighted by atomic mass is 10.2. The summed E-state index contributed by atoms with van der Waals surface area (Å²) in [6, 6.07) is 0. The van der Waals surface area contributed by atoms with Gasteiger partial charge in [-0.2, -0.15) is 0 Å². The van der Waals surface area contributed by atoms with Gasteiger partial charge in [0.2, 0.25) is 0 Å². The molecular weight excluding hydrogens is 212 g/mol. The molecule has 0 aliphatic carbocycles. The smallest absolute Gasteiger partial charge is 0.434 e. The zero-order valence-corrected chi connectivity index (χ0v) is 9.65. The van der Waals surface area contributed by atoms with Crippen LogP contribution >= 0.6 is 0 Å². The molecule has 1 radical (unpaired) electrons. The van der Waals surface area contributed by atoms with Crippen LogP contribution < -0.4 is 0 Å². The Bertz CT molecular complexity index is 189. The van der Waals surface area contributed by atoms with E-state index in [4.69, 9.17) is 14.2 Å². The van der Waals surface area contributed by atoms with Gasteiger partial charge in [0.15, 0.2) is 6.29 Å². The van der Waals surface area contributed by atoms with Crippen molar-refractivity contribution in [2.24, 2.45) is 0 Å². The van der Waals surface area contributed by atoms with E-state index in [0.717, 1.165) is 25.9 Å². The van der Waals surface area contributed by atoms with Crippen molar-refractivity contribution >= 4 is 6.16 Å². The van der Waals surface area contributed by atoms with Crippen LogP contribution in [0.5, 0.6) is 0 Å². The Hall–Kier alpha value is -0.810. The Morgan fingerprint density at radius 2 is 2.31 bits per heavy atom. The van der Waals surface area contributed by atoms with Crippen molar-refractivity contribution in [3.05, 3.63) is 6.61 Å². The van der Waals surface area contributed by atoms with Crippen LogP contribution in [0.4, 0.5) is 4.79 Å². The van der Waals surface area contributed by atoms with Gasteiger partial charge in [0.1, 0.15) is 6.61 Å². The van der Waals surface area contributed by atoms with Crippen molar-refractivity contribution in [1.29, 1.82) is 0 Å². The molecule has 1 heterocycles. The summed E-state index contributed by atoms with van der Waals surface area (Å²) >= 11 is 0. The quantitative estimate of drug-likeness (QED) is 0.518. The predicted octanol–water partition coefficient (Wildman–Crippen LogP) is 2.25. The molecule has 1 rings (SSSR count). The molecule has 0 aromatic rings. The molecular formula is C11H19O5. The molecule has 0 N–H and O–H groups in total. The first kappa shape index (κ1) is 13.3. The van der Waals surface area contributed by atoms with E-state index in [1.807, 2.05) is 0 Å². The second-order valence-corrected chi connectivity index (χ2v) is 3.47. The van der Waals surface area contributed by atoms with Gasteiger partial charge in [-0.3, -0.25) is 0 Å². The highest BCUT2D eigenvalue weighted by Crippen LogP contribution is 2.13. The minimum atomic E-state index is -0.670. The summed E-state index contributed by atoms with van der Waals surface area (Å²) in [7, 11) is 0. The number of rotatable bonds is 6. The van der Waals surface area contributed by atoms with Crippen LogP contribution in [0.1, 0.15) is 32.6 Å². The topological polar surface area (TPSA) is 54.0 Å². The minimum absolute atomic E-state index is 0.0790. The molecule has 5 heteroatoms. The third kappa shape index (κ3) is 5.92. The standard InChI is InChI=1S/C11H19O5/c1-2-13-11(12)16-9-5-8-15-10-6-3-4-7-14-10/h2,10H,3-9H2,1H3. The van der Waals surface area contributed by atoms with Gasteiger partial charge in [0.05, 0.1) is 13.2 Å². The second kappa shape index (κ2) is 8.35. The monoisotopic (exact) mass is 231 g/mol. The van der Waals surface area contributed by atoms with Crippen LogP contribution in [-0.2, 0) is 18.9 Å². The molecule has 1 aliphatic rings. The third-order valence-electron chi connectivity index (χ3n) is 2.16. The fourth-order valence-electron chi connectivity index (χ4n) is 1.40. The molecule has 0 aromatic heterocycles. The molecule has 0 bridgehead atoms. The SMILES string of the molecule is C[CH]OC(=O)OCCCOC1CCCCO1. The van der Waals surface area contributed by atoms with Crippen LogP contribution in [0.25, 0.3) is 0 Å². The van der Waals surface area contributed by atoms with Crippen molar-refractivity contribution in [2.75, 3.05) is 19.8 Å². The minimum Gasteiger partial charge on any atom is -0.434 e. The maximum Gasteiger partial charge on any atom is 0.508 e. The summed E-state index contributed by atoms with van der Waals surface area (Å²) in [5.74, 6) is 0. The van der Waals surface area contributed by atoms with Crippen LogP contribution in [0.15, 0.2) is 0 Å². The number of hydrogen-bond acceptors (Lipinski definition) is 5. The fraction of sp³-hybridized carbons (Fsp3) is 0.818. The molecule has 1 saturated heterocycles. The maximum absolute atomic E-state index is 10.8. The number of carbonyl (C=O) groups is 1. The van der Waals surface area contributed by atoms with E-state index in [-0.39, 0.29) is 6.29 Å². The Labute approximate surface area is 96.0 Å². The lowest BCUT2D eigenvalue weighted by Crippen LogP contribution is -2.23. The van der Waals surface area contributed by atoms with E-state index < -0.39 is 6.16 Å². The van der Waals surface area contributed by atoms with E-state index in [0.29, 0.717) is 19.6 Å².